The highest BCUT2D eigenvalue weighted by Gasteiger charge is 2.23. The molecule has 1 aliphatic rings. The molecule has 0 aromatic heterocycles. The van der Waals surface area contributed by atoms with Gasteiger partial charge in [0, 0.05) is 30.5 Å². The fraction of sp³-hybridized carbons (Fsp3) is 0.300. The van der Waals surface area contributed by atoms with Crippen LogP contribution in [0.25, 0.3) is 0 Å². The summed E-state index contributed by atoms with van der Waals surface area (Å²) in [6, 6.07) is 17.5. The molecule has 2 aromatic carbocycles. The van der Waals surface area contributed by atoms with E-state index >= 15 is 0 Å². The Balaban J connectivity index is 1.65. The number of carbonyl (C=O) groups is 2. The SMILES string of the molecule is O=C(C[C@H](c1ccccc1)c1ccccc1Cl)NCCN1CCOC1=O. The molecule has 3 rings (SSSR count). The molecule has 0 bridgehead atoms. The number of hydrogen-bond acceptors (Lipinski definition) is 3. The predicted molar refractivity (Wildman–Crippen MR) is 100 cm³/mol. The van der Waals surface area contributed by atoms with Gasteiger partial charge in [-0.2, -0.15) is 0 Å². The lowest BCUT2D eigenvalue weighted by Gasteiger charge is -2.19. The van der Waals surface area contributed by atoms with E-state index in [1.54, 1.807) is 4.90 Å². The first-order chi connectivity index (χ1) is 12.6. The Kier molecular flexibility index (Phi) is 6.12. The third-order valence-corrected chi connectivity index (χ3v) is 4.77. The maximum atomic E-state index is 12.5. The summed E-state index contributed by atoms with van der Waals surface area (Å²) in [5, 5.41) is 3.54. The highest BCUT2D eigenvalue weighted by Crippen LogP contribution is 2.32. The molecule has 1 aliphatic heterocycles. The largest absolute Gasteiger partial charge is 0.448 e. The fourth-order valence-corrected chi connectivity index (χ4v) is 3.33. The van der Waals surface area contributed by atoms with Crippen molar-refractivity contribution in [2.75, 3.05) is 26.2 Å². The van der Waals surface area contributed by atoms with Crippen LogP contribution < -0.4 is 5.32 Å². The van der Waals surface area contributed by atoms with Gasteiger partial charge in [-0.05, 0) is 17.2 Å². The lowest BCUT2D eigenvalue weighted by Crippen LogP contribution is -2.35. The third-order valence-electron chi connectivity index (χ3n) is 4.42. The standard InChI is InChI=1S/C20H21ClN2O3/c21-18-9-5-4-8-16(18)17(15-6-2-1-3-7-15)14-19(24)22-10-11-23-12-13-26-20(23)25/h1-9,17H,10-14H2,(H,22,24)/t17-/m1/s1. The Labute approximate surface area is 157 Å². The summed E-state index contributed by atoms with van der Waals surface area (Å²) in [6.07, 6.45) is -0.0319. The molecule has 1 atom stereocenters. The normalized spacial score (nSPS) is 14.8. The Morgan fingerprint density at radius 1 is 1.15 bits per heavy atom. The summed E-state index contributed by atoms with van der Waals surface area (Å²) >= 11 is 6.37. The van der Waals surface area contributed by atoms with Crippen molar-refractivity contribution in [2.45, 2.75) is 12.3 Å². The van der Waals surface area contributed by atoms with E-state index in [1.165, 1.54) is 0 Å². The van der Waals surface area contributed by atoms with Crippen molar-refractivity contribution in [1.29, 1.82) is 0 Å². The Morgan fingerprint density at radius 2 is 1.88 bits per heavy atom. The molecule has 26 heavy (non-hydrogen) atoms. The van der Waals surface area contributed by atoms with Gasteiger partial charge in [0.15, 0.2) is 0 Å². The molecule has 1 N–H and O–H groups in total. The van der Waals surface area contributed by atoms with Crippen LogP contribution in [-0.4, -0.2) is 43.1 Å². The number of benzene rings is 2. The molecule has 1 fully saturated rings. The number of cyclic esters (lactones) is 1. The van der Waals surface area contributed by atoms with Gasteiger partial charge in [-0.1, -0.05) is 60.1 Å². The molecule has 5 nitrogen and oxygen atoms in total. The zero-order valence-electron chi connectivity index (χ0n) is 14.4. The quantitative estimate of drug-likeness (QED) is 0.810. The van der Waals surface area contributed by atoms with E-state index in [0.29, 0.717) is 31.3 Å². The minimum absolute atomic E-state index is 0.0775. The Morgan fingerprint density at radius 3 is 2.58 bits per heavy atom. The van der Waals surface area contributed by atoms with Crippen molar-refractivity contribution >= 4 is 23.6 Å². The molecule has 0 unspecified atom stereocenters. The summed E-state index contributed by atoms with van der Waals surface area (Å²) in [4.78, 5) is 25.5. The molecule has 0 radical (unpaired) electrons. The number of amides is 2. The van der Waals surface area contributed by atoms with Crippen LogP contribution in [0.4, 0.5) is 4.79 Å². The Bertz CT molecular complexity index is 767. The number of nitrogens with one attached hydrogen (secondary N) is 1. The molecule has 0 aliphatic carbocycles. The number of carbonyl (C=O) groups excluding carboxylic acids is 2. The summed E-state index contributed by atoms with van der Waals surface area (Å²) in [6.45, 7) is 1.83. The van der Waals surface area contributed by atoms with Crippen LogP contribution in [0.2, 0.25) is 5.02 Å². The second kappa shape index (κ2) is 8.72. The summed E-state index contributed by atoms with van der Waals surface area (Å²) in [5.41, 5.74) is 1.97. The molecule has 136 valence electrons. The molecule has 1 heterocycles. The number of nitrogens with zero attached hydrogens (tertiary/aromatic N) is 1. The minimum atomic E-state index is -0.322. The zero-order chi connectivity index (χ0) is 18.4. The van der Waals surface area contributed by atoms with Gasteiger partial charge in [-0.25, -0.2) is 4.79 Å². The first kappa shape index (κ1) is 18.3. The second-order valence-electron chi connectivity index (χ2n) is 6.14. The van der Waals surface area contributed by atoms with Crippen LogP contribution in [0.3, 0.4) is 0 Å². The van der Waals surface area contributed by atoms with E-state index in [4.69, 9.17) is 16.3 Å². The topological polar surface area (TPSA) is 58.6 Å². The van der Waals surface area contributed by atoms with E-state index in [2.05, 4.69) is 5.32 Å². The lowest BCUT2D eigenvalue weighted by atomic mass is 9.88. The van der Waals surface area contributed by atoms with Gasteiger partial charge in [0.2, 0.25) is 5.91 Å². The van der Waals surface area contributed by atoms with E-state index in [-0.39, 0.29) is 24.3 Å². The van der Waals surface area contributed by atoms with Crippen LogP contribution in [0, 0.1) is 0 Å². The number of rotatable bonds is 7. The summed E-state index contributed by atoms with van der Waals surface area (Å²) < 4.78 is 4.88. The maximum absolute atomic E-state index is 12.5. The molecule has 0 saturated carbocycles. The second-order valence-corrected chi connectivity index (χ2v) is 6.55. The van der Waals surface area contributed by atoms with Crippen molar-refractivity contribution < 1.29 is 14.3 Å². The van der Waals surface area contributed by atoms with E-state index < -0.39 is 0 Å². The first-order valence-electron chi connectivity index (χ1n) is 8.63. The van der Waals surface area contributed by atoms with Crippen LogP contribution in [-0.2, 0) is 9.53 Å². The van der Waals surface area contributed by atoms with Gasteiger partial charge in [0.05, 0.1) is 6.54 Å². The monoisotopic (exact) mass is 372 g/mol. The van der Waals surface area contributed by atoms with Gasteiger partial charge >= 0.3 is 6.09 Å². The van der Waals surface area contributed by atoms with Crippen LogP contribution in [0.5, 0.6) is 0 Å². The van der Waals surface area contributed by atoms with E-state index in [9.17, 15) is 9.59 Å². The van der Waals surface area contributed by atoms with Gasteiger partial charge in [-0.15, -0.1) is 0 Å². The molecule has 6 heteroatoms. The summed E-state index contributed by atoms with van der Waals surface area (Å²) in [7, 11) is 0. The number of hydrogen-bond donors (Lipinski definition) is 1. The maximum Gasteiger partial charge on any atom is 0.409 e. The molecular formula is C20H21ClN2O3. The summed E-state index contributed by atoms with van der Waals surface area (Å²) in [5.74, 6) is -0.201. The van der Waals surface area contributed by atoms with Gasteiger partial charge in [0.1, 0.15) is 6.61 Å². The smallest absolute Gasteiger partial charge is 0.409 e. The van der Waals surface area contributed by atoms with Crippen molar-refractivity contribution in [3.05, 3.63) is 70.7 Å². The van der Waals surface area contributed by atoms with Crippen molar-refractivity contribution in [2.24, 2.45) is 0 Å². The number of ether oxygens (including phenoxy) is 1. The van der Waals surface area contributed by atoms with Crippen LogP contribution in [0.15, 0.2) is 54.6 Å². The van der Waals surface area contributed by atoms with Crippen LogP contribution >= 0.6 is 11.6 Å². The van der Waals surface area contributed by atoms with Crippen molar-refractivity contribution in [3.8, 4) is 0 Å². The lowest BCUT2D eigenvalue weighted by molar-refractivity contribution is -0.121. The average Bonchev–Trinajstić information content (AvgIpc) is 3.06. The van der Waals surface area contributed by atoms with Gasteiger partial charge < -0.3 is 15.0 Å². The predicted octanol–water partition coefficient (Wildman–Crippen LogP) is 3.43. The first-order valence-corrected chi connectivity index (χ1v) is 9.00. The molecule has 0 spiro atoms. The highest BCUT2D eigenvalue weighted by molar-refractivity contribution is 6.31. The van der Waals surface area contributed by atoms with E-state index in [0.717, 1.165) is 11.1 Å². The van der Waals surface area contributed by atoms with E-state index in [1.807, 2.05) is 54.6 Å². The molecular weight excluding hydrogens is 352 g/mol. The fourth-order valence-electron chi connectivity index (χ4n) is 3.07. The van der Waals surface area contributed by atoms with Crippen molar-refractivity contribution in [3.63, 3.8) is 0 Å². The zero-order valence-corrected chi connectivity index (χ0v) is 15.1. The minimum Gasteiger partial charge on any atom is -0.448 e. The average molecular weight is 373 g/mol. The van der Waals surface area contributed by atoms with Gasteiger partial charge in [0.25, 0.3) is 0 Å². The molecule has 2 aromatic rings. The molecule has 2 amide bonds. The molecule has 1 saturated heterocycles. The highest BCUT2D eigenvalue weighted by atomic mass is 35.5. The van der Waals surface area contributed by atoms with Crippen molar-refractivity contribution in [1.82, 2.24) is 10.2 Å². The Hall–Kier alpha value is -2.53. The van der Waals surface area contributed by atoms with Crippen LogP contribution in [0.1, 0.15) is 23.5 Å². The van der Waals surface area contributed by atoms with Gasteiger partial charge in [-0.3, -0.25) is 4.79 Å². The number of halogens is 1. The third kappa shape index (κ3) is 4.55.